The van der Waals surface area contributed by atoms with Crippen molar-refractivity contribution in [3.05, 3.63) is 37.0 Å². The van der Waals surface area contributed by atoms with Crippen LogP contribution in [-0.4, -0.2) is 13.0 Å². The lowest BCUT2D eigenvalue weighted by Crippen LogP contribution is -2.17. The van der Waals surface area contributed by atoms with E-state index in [0.717, 1.165) is 5.57 Å². The molecule has 0 aliphatic rings. The van der Waals surface area contributed by atoms with Crippen molar-refractivity contribution in [1.82, 2.24) is 5.32 Å². The number of carbonyl (C=O) groups is 1. The molecule has 0 unspecified atom stereocenters. The van der Waals surface area contributed by atoms with Crippen LogP contribution in [0.3, 0.4) is 0 Å². The van der Waals surface area contributed by atoms with Gasteiger partial charge in [-0.1, -0.05) is 38.7 Å². The van der Waals surface area contributed by atoms with Gasteiger partial charge in [0.1, 0.15) is 0 Å². The number of nitrogens with one attached hydrogen (secondary N) is 1. The molecule has 0 rings (SSSR count). The van der Waals surface area contributed by atoms with Crippen molar-refractivity contribution in [3.63, 3.8) is 0 Å². The lowest BCUT2D eigenvalue weighted by molar-refractivity contribution is -0.119. The lowest BCUT2D eigenvalue weighted by atomic mass is 10.2. The molecule has 0 aromatic heterocycles. The van der Waals surface area contributed by atoms with Gasteiger partial charge in [0.2, 0.25) is 5.91 Å². The molecule has 0 heterocycles. The minimum absolute atomic E-state index is 0.0213. The van der Waals surface area contributed by atoms with Crippen molar-refractivity contribution in [3.8, 4) is 0 Å². The normalized spacial score (nSPS) is 8.47. The van der Waals surface area contributed by atoms with E-state index in [1.165, 1.54) is 0 Å². The maximum Gasteiger partial charge on any atom is 0.224 e. The molecule has 1 N–H and O–H groups in total. The second-order valence-electron chi connectivity index (χ2n) is 2.33. The first-order chi connectivity index (χ1) is 7.15. The number of allylic oxidation sites excluding steroid dienone is 3. The average molecular weight is 211 g/mol. The first-order valence-electron chi connectivity index (χ1n) is 5.21. The van der Waals surface area contributed by atoms with E-state index in [1.54, 1.807) is 19.2 Å². The third-order valence-corrected chi connectivity index (χ3v) is 1.28. The molecule has 0 fully saturated rings. The fourth-order valence-corrected chi connectivity index (χ4v) is 0.566. The Hall–Kier alpha value is -1.31. The Bertz CT molecular complexity index is 193. The molecule has 0 aliphatic heterocycles. The third kappa shape index (κ3) is 19.2. The summed E-state index contributed by atoms with van der Waals surface area (Å²) in [7, 11) is 1.62. The summed E-state index contributed by atoms with van der Waals surface area (Å²) < 4.78 is 0. The minimum Gasteiger partial charge on any atom is -0.359 e. The lowest BCUT2D eigenvalue weighted by Gasteiger charge is -1.98. The van der Waals surface area contributed by atoms with E-state index in [1.807, 2.05) is 33.8 Å². The predicted octanol–water partition coefficient (Wildman–Crippen LogP) is 3.47. The van der Waals surface area contributed by atoms with Crippen molar-refractivity contribution in [1.29, 1.82) is 0 Å². The van der Waals surface area contributed by atoms with Crippen LogP contribution < -0.4 is 5.32 Å². The SMILES string of the molecule is C=C/C(=C\C)CC(=O)NC.C=CC.CC. The van der Waals surface area contributed by atoms with E-state index < -0.39 is 0 Å². The van der Waals surface area contributed by atoms with Gasteiger partial charge in [0.15, 0.2) is 0 Å². The smallest absolute Gasteiger partial charge is 0.224 e. The van der Waals surface area contributed by atoms with Gasteiger partial charge in [0.25, 0.3) is 0 Å². The molecule has 0 aromatic rings. The number of rotatable bonds is 3. The molecule has 0 bridgehead atoms. The summed E-state index contributed by atoms with van der Waals surface area (Å²) >= 11 is 0. The van der Waals surface area contributed by atoms with E-state index >= 15 is 0 Å². The molecule has 0 saturated heterocycles. The van der Waals surface area contributed by atoms with E-state index in [0.29, 0.717) is 6.42 Å². The summed E-state index contributed by atoms with van der Waals surface area (Å²) in [6.45, 7) is 14.7. The monoisotopic (exact) mass is 211 g/mol. The number of carbonyl (C=O) groups excluding carboxylic acids is 1. The molecule has 0 saturated carbocycles. The zero-order chi connectivity index (χ0) is 12.7. The molecular formula is C13H25NO. The molecule has 88 valence electrons. The van der Waals surface area contributed by atoms with Crippen LogP contribution in [0.25, 0.3) is 0 Å². The van der Waals surface area contributed by atoms with E-state index in [2.05, 4.69) is 18.5 Å². The van der Waals surface area contributed by atoms with Crippen LogP contribution in [0.1, 0.15) is 34.1 Å². The van der Waals surface area contributed by atoms with Gasteiger partial charge in [-0.05, 0) is 19.4 Å². The molecule has 0 atom stereocenters. The van der Waals surface area contributed by atoms with Crippen LogP contribution >= 0.6 is 0 Å². The highest BCUT2D eigenvalue weighted by molar-refractivity contribution is 5.78. The second-order valence-corrected chi connectivity index (χ2v) is 2.33. The van der Waals surface area contributed by atoms with Crippen molar-refractivity contribution in [2.75, 3.05) is 7.05 Å². The van der Waals surface area contributed by atoms with Crippen LogP contribution in [0.2, 0.25) is 0 Å². The second kappa shape index (κ2) is 18.5. The molecular weight excluding hydrogens is 186 g/mol. The highest BCUT2D eigenvalue weighted by Crippen LogP contribution is 2.00. The van der Waals surface area contributed by atoms with Gasteiger partial charge in [-0.15, -0.1) is 6.58 Å². The summed E-state index contributed by atoms with van der Waals surface area (Å²) in [6.07, 6.45) is 5.74. The van der Waals surface area contributed by atoms with E-state index in [4.69, 9.17) is 0 Å². The van der Waals surface area contributed by atoms with Crippen LogP contribution in [0.15, 0.2) is 37.0 Å². The van der Waals surface area contributed by atoms with Gasteiger partial charge in [0, 0.05) is 7.05 Å². The molecule has 0 spiro atoms. The van der Waals surface area contributed by atoms with Gasteiger partial charge >= 0.3 is 0 Å². The highest BCUT2D eigenvalue weighted by atomic mass is 16.1. The van der Waals surface area contributed by atoms with Crippen molar-refractivity contribution in [2.45, 2.75) is 34.1 Å². The van der Waals surface area contributed by atoms with Gasteiger partial charge < -0.3 is 5.32 Å². The number of hydrogen-bond acceptors (Lipinski definition) is 1. The number of hydrogen-bond donors (Lipinski definition) is 1. The maximum atomic E-state index is 10.7. The first-order valence-corrected chi connectivity index (χ1v) is 5.21. The molecule has 1 amide bonds. The van der Waals surface area contributed by atoms with Crippen molar-refractivity contribution >= 4 is 5.91 Å². The zero-order valence-electron chi connectivity index (χ0n) is 10.8. The molecule has 0 aliphatic carbocycles. The van der Waals surface area contributed by atoms with Crippen molar-refractivity contribution in [2.24, 2.45) is 0 Å². The quantitative estimate of drug-likeness (QED) is 0.562. The standard InChI is InChI=1S/C8H13NO.C3H6.C2H6/c1-4-7(5-2)6-8(10)9-3;1-3-2;1-2/h4-5H,1,6H2,2-3H3,(H,9,10);3H,1H2,2H3;1-2H3/b7-5+;;. The predicted molar refractivity (Wildman–Crippen MR) is 69.9 cm³/mol. The first kappa shape index (κ1) is 19.3. The fourth-order valence-electron chi connectivity index (χ4n) is 0.566. The van der Waals surface area contributed by atoms with E-state index in [-0.39, 0.29) is 5.91 Å². The Morgan fingerprint density at radius 2 is 1.67 bits per heavy atom. The maximum absolute atomic E-state index is 10.7. The molecule has 2 nitrogen and oxygen atoms in total. The largest absolute Gasteiger partial charge is 0.359 e. The summed E-state index contributed by atoms with van der Waals surface area (Å²) in [5, 5.41) is 2.54. The van der Waals surface area contributed by atoms with Crippen LogP contribution in [0.5, 0.6) is 0 Å². The zero-order valence-corrected chi connectivity index (χ0v) is 10.8. The third-order valence-electron chi connectivity index (χ3n) is 1.28. The Morgan fingerprint density at radius 1 is 1.27 bits per heavy atom. The Labute approximate surface area is 94.8 Å². The summed E-state index contributed by atoms with van der Waals surface area (Å²) in [5.41, 5.74) is 0.958. The minimum atomic E-state index is 0.0213. The van der Waals surface area contributed by atoms with Crippen molar-refractivity contribution < 1.29 is 4.79 Å². The van der Waals surface area contributed by atoms with Gasteiger partial charge in [0.05, 0.1) is 6.42 Å². The topological polar surface area (TPSA) is 29.1 Å². The Morgan fingerprint density at radius 3 is 1.87 bits per heavy atom. The Balaban J connectivity index is -0.000000245. The van der Waals surface area contributed by atoms with Gasteiger partial charge in [-0.3, -0.25) is 4.79 Å². The van der Waals surface area contributed by atoms with E-state index in [9.17, 15) is 4.79 Å². The summed E-state index contributed by atoms with van der Waals surface area (Å²) in [5.74, 6) is 0.0213. The van der Waals surface area contributed by atoms with Gasteiger partial charge in [-0.25, -0.2) is 0 Å². The van der Waals surface area contributed by atoms with Crippen LogP contribution in [0.4, 0.5) is 0 Å². The molecule has 15 heavy (non-hydrogen) atoms. The Kier molecular flexibility index (Phi) is 23.8. The highest BCUT2D eigenvalue weighted by Gasteiger charge is 1.97. The fraction of sp³-hybridized carbons (Fsp3) is 0.462. The molecule has 2 heteroatoms. The van der Waals surface area contributed by atoms with Crippen LogP contribution in [0, 0.1) is 0 Å². The molecule has 0 radical (unpaired) electrons. The van der Waals surface area contributed by atoms with Crippen LogP contribution in [-0.2, 0) is 4.79 Å². The number of amides is 1. The summed E-state index contributed by atoms with van der Waals surface area (Å²) in [6, 6.07) is 0. The summed E-state index contributed by atoms with van der Waals surface area (Å²) in [4.78, 5) is 10.7. The average Bonchev–Trinajstić information content (AvgIpc) is 2.29. The van der Waals surface area contributed by atoms with Gasteiger partial charge in [-0.2, -0.15) is 0 Å². The molecule has 0 aromatic carbocycles.